The summed E-state index contributed by atoms with van der Waals surface area (Å²) >= 11 is 6.18. The maximum atomic E-state index is 13.7. The van der Waals surface area contributed by atoms with Crippen LogP contribution >= 0.6 is 11.6 Å². The summed E-state index contributed by atoms with van der Waals surface area (Å²) < 4.78 is 16.4. The van der Waals surface area contributed by atoms with Gasteiger partial charge in [0, 0.05) is 49.8 Å². The number of fused-ring (bicyclic) bond motifs is 1. The Kier molecular flexibility index (Phi) is 14.3. The third kappa shape index (κ3) is 10.4. The molecule has 0 aromatic heterocycles. The highest BCUT2D eigenvalue weighted by molar-refractivity contribution is 6.17. The highest BCUT2D eigenvalue weighted by atomic mass is 35.5. The summed E-state index contributed by atoms with van der Waals surface area (Å²) in [6.07, 6.45) is 2.11. The molecule has 0 fully saturated rings. The van der Waals surface area contributed by atoms with Gasteiger partial charge in [0.25, 0.3) is 5.91 Å². The Morgan fingerprint density at radius 1 is 0.865 bits per heavy atom. The lowest BCUT2D eigenvalue weighted by atomic mass is 10.1. The predicted molar refractivity (Wildman–Crippen MR) is 199 cm³/mol. The first-order valence-electron chi connectivity index (χ1n) is 17.1. The summed E-state index contributed by atoms with van der Waals surface area (Å²) in [5, 5.41) is 11.1. The van der Waals surface area contributed by atoms with Crippen molar-refractivity contribution < 1.29 is 38.2 Å². The molecule has 1 heterocycles. The number of amides is 4. The van der Waals surface area contributed by atoms with Crippen LogP contribution in [0, 0.1) is 0 Å². The zero-order valence-corrected chi connectivity index (χ0v) is 30.9. The van der Waals surface area contributed by atoms with E-state index in [0.717, 1.165) is 23.2 Å². The molecule has 278 valence electrons. The first kappa shape index (κ1) is 39.5. The molecular weight excluding hydrogens is 690 g/mol. The van der Waals surface area contributed by atoms with E-state index in [4.69, 9.17) is 21.1 Å². The lowest BCUT2D eigenvalue weighted by molar-refractivity contribution is -0.140. The Labute approximate surface area is 308 Å². The van der Waals surface area contributed by atoms with Crippen molar-refractivity contribution in [1.82, 2.24) is 10.6 Å². The molecule has 2 atom stereocenters. The summed E-state index contributed by atoms with van der Waals surface area (Å²) in [6, 6.07) is 14.8. The second-order valence-corrected chi connectivity index (χ2v) is 12.7. The van der Waals surface area contributed by atoms with Gasteiger partial charge >= 0.3 is 5.97 Å². The number of para-hydroxylation sites is 1. The molecule has 14 heteroatoms. The number of halogens is 1. The Hall–Kier alpha value is -5.30. The number of unbranched alkanes of at least 4 members (excludes halogenated alkanes) is 1. The summed E-state index contributed by atoms with van der Waals surface area (Å²) in [4.78, 5) is 64.7. The van der Waals surface area contributed by atoms with E-state index in [1.54, 1.807) is 36.2 Å². The van der Waals surface area contributed by atoms with Crippen LogP contribution in [0.3, 0.4) is 0 Å². The van der Waals surface area contributed by atoms with Gasteiger partial charge in [-0.05, 0) is 74.1 Å². The molecule has 0 aliphatic carbocycles. The number of alkyl halides is 1. The zero-order chi connectivity index (χ0) is 37.8. The highest BCUT2D eigenvalue weighted by Crippen LogP contribution is 2.37. The van der Waals surface area contributed by atoms with Crippen LogP contribution in [-0.2, 0) is 42.8 Å². The van der Waals surface area contributed by atoms with Crippen LogP contribution in [0.4, 0.5) is 17.1 Å². The summed E-state index contributed by atoms with van der Waals surface area (Å²) in [5.74, 6) is -0.873. The highest BCUT2D eigenvalue weighted by Gasteiger charge is 2.28. The van der Waals surface area contributed by atoms with E-state index in [-0.39, 0.29) is 43.1 Å². The molecule has 0 bridgehead atoms. The zero-order valence-electron chi connectivity index (χ0n) is 30.1. The van der Waals surface area contributed by atoms with Crippen LogP contribution in [0.2, 0.25) is 0 Å². The summed E-state index contributed by atoms with van der Waals surface area (Å²) in [5.41, 5.74) is 4.93. The van der Waals surface area contributed by atoms with E-state index in [2.05, 4.69) is 26.0 Å². The van der Waals surface area contributed by atoms with Crippen LogP contribution in [-0.4, -0.2) is 69.5 Å². The summed E-state index contributed by atoms with van der Waals surface area (Å²) in [6.45, 7) is 3.73. The molecule has 3 aromatic rings. The van der Waals surface area contributed by atoms with Gasteiger partial charge < -0.3 is 40.4 Å². The number of ether oxygens (including phenoxy) is 3. The van der Waals surface area contributed by atoms with E-state index in [1.165, 1.54) is 28.1 Å². The fourth-order valence-corrected chi connectivity index (χ4v) is 5.91. The molecule has 13 nitrogen and oxygen atoms in total. The number of methoxy groups -OCH3 is 2. The van der Waals surface area contributed by atoms with Crippen LogP contribution in [0.5, 0.6) is 11.5 Å². The Balaban J connectivity index is 1.37. The van der Waals surface area contributed by atoms with Gasteiger partial charge in [0.05, 0.1) is 25.5 Å². The summed E-state index contributed by atoms with van der Waals surface area (Å²) in [7, 11) is 4.55. The van der Waals surface area contributed by atoms with E-state index < -0.39 is 23.9 Å². The first-order valence-corrected chi connectivity index (χ1v) is 17.6. The van der Waals surface area contributed by atoms with Crippen molar-refractivity contribution in [3.63, 3.8) is 0 Å². The lowest BCUT2D eigenvalue weighted by Crippen LogP contribution is -2.50. The van der Waals surface area contributed by atoms with E-state index >= 15 is 0 Å². The number of carbonyl (C=O) groups is 5. The molecule has 52 heavy (non-hydrogen) atoms. The van der Waals surface area contributed by atoms with Crippen molar-refractivity contribution in [3.05, 3.63) is 76.9 Å². The lowest BCUT2D eigenvalue weighted by Gasteiger charge is -2.21. The molecule has 1 aliphatic heterocycles. The number of hydrogen-bond donors (Lipinski definition) is 4. The molecule has 0 saturated heterocycles. The smallest absolute Gasteiger partial charge is 0.305 e. The number of esters is 1. The monoisotopic (exact) mass is 735 g/mol. The Bertz CT molecular complexity index is 1780. The van der Waals surface area contributed by atoms with E-state index in [0.29, 0.717) is 53.4 Å². The van der Waals surface area contributed by atoms with Crippen molar-refractivity contribution >= 4 is 58.3 Å². The maximum Gasteiger partial charge on any atom is 0.305 e. The third-order valence-corrected chi connectivity index (χ3v) is 8.90. The molecular formula is C38H46ClN5O8. The first-order chi connectivity index (χ1) is 25.0. The molecule has 3 aromatic carbocycles. The third-order valence-electron chi connectivity index (χ3n) is 8.59. The van der Waals surface area contributed by atoms with Gasteiger partial charge in [-0.15, -0.1) is 11.6 Å². The molecule has 0 radical (unpaired) electrons. The number of carbonyl (C=O) groups excluding carboxylic acids is 5. The number of benzene rings is 3. The second kappa shape index (κ2) is 18.8. The minimum absolute atomic E-state index is 0.0894. The van der Waals surface area contributed by atoms with Gasteiger partial charge in [-0.2, -0.15) is 0 Å². The number of nitrogens with zero attached hydrogens (tertiary/aromatic N) is 1. The van der Waals surface area contributed by atoms with Crippen molar-refractivity contribution in [1.29, 1.82) is 0 Å². The topological polar surface area (TPSA) is 164 Å². The van der Waals surface area contributed by atoms with Crippen LogP contribution in [0.15, 0.2) is 54.6 Å². The second-order valence-electron chi connectivity index (χ2n) is 12.4. The van der Waals surface area contributed by atoms with Crippen molar-refractivity contribution in [2.45, 2.75) is 70.5 Å². The van der Waals surface area contributed by atoms with Crippen LogP contribution < -0.4 is 35.6 Å². The van der Waals surface area contributed by atoms with Gasteiger partial charge in [0.2, 0.25) is 17.7 Å². The van der Waals surface area contributed by atoms with Gasteiger partial charge in [-0.25, -0.2) is 0 Å². The molecule has 0 saturated carbocycles. The van der Waals surface area contributed by atoms with Crippen molar-refractivity contribution in [2.75, 3.05) is 43.3 Å². The fraction of sp³-hybridized carbons (Fsp3) is 0.395. The Morgan fingerprint density at radius 3 is 2.29 bits per heavy atom. The fourth-order valence-electron chi connectivity index (χ4n) is 5.76. The van der Waals surface area contributed by atoms with Gasteiger partial charge in [0.15, 0.2) is 11.5 Å². The number of nitrogens with one attached hydrogen (secondary N) is 4. The van der Waals surface area contributed by atoms with Crippen molar-refractivity contribution in [3.8, 4) is 11.5 Å². The van der Waals surface area contributed by atoms with Crippen LogP contribution in [0.25, 0.3) is 0 Å². The molecule has 4 rings (SSSR count). The standard InChI is InChI=1S/C38H46ClN5O8/c1-23(41-34(45)12-8-9-13-35(46)51-5)36(47)42-24(2)37(48)43-28-17-25(21-39)16-26(18-28)22-52-33-20-30(40-3)29(19-32(33)50-4)38(49)44-15-14-27-10-6-7-11-31(27)44/h6-7,10-11,16-20,23-24,40H,8-9,12-15,21-22H2,1-5H3,(H,41,45)(H,42,47)(H,43,48)/t23-,24-/m0/s1. The molecule has 0 unspecified atom stereocenters. The maximum absolute atomic E-state index is 13.7. The quantitative estimate of drug-likeness (QED) is 0.0854. The predicted octanol–water partition coefficient (Wildman–Crippen LogP) is 4.94. The van der Waals surface area contributed by atoms with E-state index in [9.17, 15) is 24.0 Å². The van der Waals surface area contributed by atoms with Gasteiger partial charge in [-0.3, -0.25) is 24.0 Å². The minimum atomic E-state index is -0.925. The molecule has 4 N–H and O–H groups in total. The SMILES string of the molecule is CNc1cc(OCc2cc(CCl)cc(NC(=O)[C@H](C)NC(=O)[C@H](C)NC(=O)CCCCC(=O)OC)c2)c(OC)cc1C(=O)N1CCc2ccccc21. The molecule has 0 spiro atoms. The van der Waals surface area contributed by atoms with Crippen molar-refractivity contribution in [2.24, 2.45) is 0 Å². The number of hydrogen-bond acceptors (Lipinski definition) is 9. The average Bonchev–Trinajstić information content (AvgIpc) is 3.58. The number of rotatable bonds is 17. The molecule has 4 amide bonds. The molecule has 1 aliphatic rings. The largest absolute Gasteiger partial charge is 0.493 e. The van der Waals surface area contributed by atoms with E-state index in [1.807, 2.05) is 30.3 Å². The van der Waals surface area contributed by atoms with Gasteiger partial charge in [-0.1, -0.05) is 24.3 Å². The minimum Gasteiger partial charge on any atom is -0.493 e. The average molecular weight is 736 g/mol. The van der Waals surface area contributed by atoms with Gasteiger partial charge in [0.1, 0.15) is 18.7 Å². The Morgan fingerprint density at radius 2 is 1.58 bits per heavy atom. The van der Waals surface area contributed by atoms with Crippen LogP contribution in [0.1, 0.15) is 66.6 Å². The number of anilines is 3. The normalized spacial score (nSPS) is 12.9.